The summed E-state index contributed by atoms with van der Waals surface area (Å²) >= 11 is 0. The lowest BCUT2D eigenvalue weighted by Crippen LogP contribution is -2.36. The molecule has 190 valence electrons. The van der Waals surface area contributed by atoms with Gasteiger partial charge in [0.05, 0.1) is 23.0 Å². The molecule has 9 nitrogen and oxygen atoms in total. The maximum atomic E-state index is 14.3. The first-order valence-electron chi connectivity index (χ1n) is 12.5. The first kappa shape index (κ1) is 22.9. The topological polar surface area (TPSA) is 105 Å². The monoisotopic (exact) mass is 516 g/mol. The first-order valence-corrected chi connectivity index (χ1v) is 12.5. The predicted molar refractivity (Wildman–Crippen MR) is 142 cm³/mol. The molecule has 1 amide bonds. The normalized spacial score (nSPS) is 13.0. The van der Waals surface area contributed by atoms with E-state index in [0.717, 1.165) is 28.6 Å². The summed E-state index contributed by atoms with van der Waals surface area (Å²) in [6.07, 6.45) is 7.28. The van der Waals surface area contributed by atoms with Crippen LogP contribution in [-0.4, -0.2) is 52.5 Å². The third kappa shape index (κ3) is 4.11. The van der Waals surface area contributed by atoms with E-state index in [-0.39, 0.29) is 5.91 Å². The summed E-state index contributed by atoms with van der Waals surface area (Å²) in [5, 5.41) is 17.0. The molecule has 1 aliphatic rings. The van der Waals surface area contributed by atoms with Crippen LogP contribution in [0.5, 0.6) is 0 Å². The fourth-order valence-corrected chi connectivity index (χ4v) is 5.01. The number of nitrogens with zero attached hydrogens (tertiary/aromatic N) is 7. The molecule has 0 aliphatic carbocycles. The van der Waals surface area contributed by atoms with Crippen LogP contribution in [0.1, 0.15) is 21.5 Å². The minimum atomic E-state index is -0.527. The number of nitrogens with one attached hydrogen (secondary N) is 1. The summed E-state index contributed by atoms with van der Waals surface area (Å²) in [6.45, 7) is 1.17. The second-order valence-corrected chi connectivity index (χ2v) is 9.39. The van der Waals surface area contributed by atoms with E-state index in [0.29, 0.717) is 41.2 Å². The van der Waals surface area contributed by atoms with Gasteiger partial charge in [-0.15, -0.1) is 5.10 Å². The van der Waals surface area contributed by atoms with Gasteiger partial charge in [-0.2, -0.15) is 9.49 Å². The standard InChI is InChI=1S/C29H21FN8O/c30-28-23(4-2-11-32-28)19-6-8-25-24(14-19)27(35-33-25)26-17-38(36-34-26)22-7-5-18-9-12-37(16-21(18)13-22)29(39)20-3-1-10-31-15-20/h1-8,10-11,13-15,17H,9,12,16H2,(H,33,35). The van der Waals surface area contributed by atoms with E-state index >= 15 is 0 Å². The number of carbonyl (C=O) groups is 1. The van der Waals surface area contributed by atoms with Crippen LogP contribution >= 0.6 is 0 Å². The number of amides is 1. The van der Waals surface area contributed by atoms with Gasteiger partial charge in [0, 0.05) is 42.6 Å². The van der Waals surface area contributed by atoms with Crippen molar-refractivity contribution in [3.63, 3.8) is 0 Å². The highest BCUT2D eigenvalue weighted by molar-refractivity contribution is 5.95. The average molecular weight is 517 g/mol. The van der Waals surface area contributed by atoms with Crippen molar-refractivity contribution in [3.8, 4) is 28.2 Å². The smallest absolute Gasteiger partial charge is 0.255 e. The maximum absolute atomic E-state index is 14.3. The van der Waals surface area contributed by atoms with Crippen LogP contribution in [0, 0.1) is 5.95 Å². The molecule has 7 rings (SSSR count). The van der Waals surface area contributed by atoms with E-state index in [9.17, 15) is 9.18 Å². The Labute approximate surface area is 222 Å². The van der Waals surface area contributed by atoms with Gasteiger partial charge in [-0.05, 0) is 71.6 Å². The van der Waals surface area contributed by atoms with Crippen LogP contribution in [0.4, 0.5) is 4.39 Å². The van der Waals surface area contributed by atoms with Crippen molar-refractivity contribution in [2.24, 2.45) is 0 Å². The van der Waals surface area contributed by atoms with Crippen molar-refractivity contribution in [3.05, 3.63) is 108 Å². The summed E-state index contributed by atoms with van der Waals surface area (Å²) in [4.78, 5) is 22.6. The number of hydrogen-bond donors (Lipinski definition) is 1. The second kappa shape index (κ2) is 9.25. The molecule has 10 heteroatoms. The van der Waals surface area contributed by atoms with Crippen molar-refractivity contribution < 1.29 is 9.18 Å². The number of halogens is 1. The Balaban J connectivity index is 1.18. The zero-order valence-corrected chi connectivity index (χ0v) is 20.6. The van der Waals surface area contributed by atoms with Gasteiger partial charge in [0.1, 0.15) is 11.4 Å². The minimum absolute atomic E-state index is 0.0295. The van der Waals surface area contributed by atoms with E-state index in [1.165, 1.54) is 11.8 Å². The molecule has 6 aromatic rings. The lowest BCUT2D eigenvalue weighted by atomic mass is 9.98. The van der Waals surface area contributed by atoms with E-state index in [1.807, 2.05) is 41.4 Å². The van der Waals surface area contributed by atoms with E-state index in [2.05, 4.69) is 36.5 Å². The molecule has 0 spiro atoms. The third-order valence-electron chi connectivity index (χ3n) is 7.03. The van der Waals surface area contributed by atoms with Gasteiger partial charge in [-0.1, -0.05) is 17.3 Å². The molecule has 39 heavy (non-hydrogen) atoms. The fourth-order valence-electron chi connectivity index (χ4n) is 5.01. The largest absolute Gasteiger partial charge is 0.334 e. The molecule has 2 aromatic carbocycles. The molecular formula is C29H21FN8O. The minimum Gasteiger partial charge on any atom is -0.334 e. The number of aromatic amines is 1. The van der Waals surface area contributed by atoms with Gasteiger partial charge in [-0.3, -0.25) is 14.9 Å². The number of H-pyrrole nitrogens is 1. The van der Waals surface area contributed by atoms with Crippen molar-refractivity contribution in [2.75, 3.05) is 6.54 Å². The Morgan fingerprint density at radius 2 is 1.92 bits per heavy atom. The summed E-state index contributed by atoms with van der Waals surface area (Å²) in [5.41, 5.74) is 6.82. The zero-order chi connectivity index (χ0) is 26.3. The Bertz CT molecular complexity index is 1850. The van der Waals surface area contributed by atoms with Gasteiger partial charge < -0.3 is 4.90 Å². The molecule has 4 aromatic heterocycles. The van der Waals surface area contributed by atoms with Crippen molar-refractivity contribution in [1.29, 1.82) is 0 Å². The Morgan fingerprint density at radius 3 is 2.79 bits per heavy atom. The van der Waals surface area contributed by atoms with Crippen LogP contribution in [0.2, 0.25) is 0 Å². The average Bonchev–Trinajstić information content (AvgIpc) is 3.64. The molecule has 1 aliphatic heterocycles. The first-order chi connectivity index (χ1) is 19.1. The van der Waals surface area contributed by atoms with Crippen LogP contribution in [0.25, 0.3) is 39.1 Å². The third-order valence-corrected chi connectivity index (χ3v) is 7.03. The molecular weight excluding hydrogens is 495 g/mol. The van der Waals surface area contributed by atoms with Crippen molar-refractivity contribution in [2.45, 2.75) is 13.0 Å². The molecule has 0 atom stereocenters. The zero-order valence-electron chi connectivity index (χ0n) is 20.6. The number of carbonyl (C=O) groups excluding carboxylic acids is 1. The number of hydrogen-bond acceptors (Lipinski definition) is 6. The molecule has 5 heterocycles. The van der Waals surface area contributed by atoms with Crippen LogP contribution in [-0.2, 0) is 13.0 Å². The Kier molecular flexibility index (Phi) is 5.43. The van der Waals surface area contributed by atoms with Gasteiger partial charge in [-0.25, -0.2) is 9.67 Å². The second-order valence-electron chi connectivity index (χ2n) is 9.39. The number of benzene rings is 2. The molecule has 0 saturated heterocycles. The molecule has 0 fully saturated rings. The number of pyridine rings is 2. The molecule has 0 unspecified atom stereocenters. The molecule has 0 bridgehead atoms. The van der Waals surface area contributed by atoms with E-state index < -0.39 is 5.95 Å². The molecule has 0 saturated carbocycles. The summed E-state index contributed by atoms with van der Waals surface area (Å²) in [5.74, 6) is -0.556. The Morgan fingerprint density at radius 1 is 1.00 bits per heavy atom. The lowest BCUT2D eigenvalue weighted by molar-refractivity contribution is 0.0734. The van der Waals surface area contributed by atoms with Crippen LogP contribution in [0.15, 0.2) is 85.5 Å². The quantitative estimate of drug-likeness (QED) is 0.343. The number of aromatic nitrogens is 7. The summed E-state index contributed by atoms with van der Waals surface area (Å²) in [6, 6.07) is 18.6. The van der Waals surface area contributed by atoms with E-state index in [1.54, 1.807) is 41.3 Å². The lowest BCUT2D eigenvalue weighted by Gasteiger charge is -2.29. The number of fused-ring (bicyclic) bond motifs is 2. The van der Waals surface area contributed by atoms with Crippen LogP contribution < -0.4 is 0 Å². The predicted octanol–water partition coefficient (Wildman–Crippen LogP) is 4.61. The van der Waals surface area contributed by atoms with Gasteiger partial charge in [0.25, 0.3) is 5.91 Å². The van der Waals surface area contributed by atoms with Crippen LogP contribution in [0.3, 0.4) is 0 Å². The van der Waals surface area contributed by atoms with Crippen molar-refractivity contribution in [1.82, 2.24) is 40.1 Å². The fraction of sp³-hybridized carbons (Fsp3) is 0.103. The van der Waals surface area contributed by atoms with E-state index in [4.69, 9.17) is 0 Å². The number of rotatable bonds is 4. The van der Waals surface area contributed by atoms with Gasteiger partial charge >= 0.3 is 0 Å². The molecule has 0 radical (unpaired) electrons. The maximum Gasteiger partial charge on any atom is 0.255 e. The summed E-state index contributed by atoms with van der Waals surface area (Å²) < 4.78 is 16.0. The van der Waals surface area contributed by atoms with Crippen molar-refractivity contribution >= 4 is 16.8 Å². The Hall–Kier alpha value is -5.25. The highest BCUT2D eigenvalue weighted by atomic mass is 19.1. The molecule has 1 N–H and O–H groups in total. The summed E-state index contributed by atoms with van der Waals surface area (Å²) in [7, 11) is 0. The SMILES string of the molecule is O=C(c1cccnc1)N1CCc2ccc(-n3cc(-c4n[nH]c5ccc(-c6cccnc6F)cc45)nn3)cc2C1. The van der Waals surface area contributed by atoms with Gasteiger partial charge in [0.15, 0.2) is 0 Å². The van der Waals surface area contributed by atoms with Gasteiger partial charge in [0.2, 0.25) is 5.95 Å². The highest BCUT2D eigenvalue weighted by Gasteiger charge is 2.23. The highest BCUT2D eigenvalue weighted by Crippen LogP contribution is 2.31.